The van der Waals surface area contributed by atoms with Crippen LogP contribution in [0.2, 0.25) is 0 Å². The second kappa shape index (κ2) is 4.96. The fraction of sp³-hybridized carbons (Fsp3) is 0.545. The Morgan fingerprint density at radius 2 is 2.21 bits per heavy atom. The first-order chi connectivity index (χ1) is 6.69. The van der Waals surface area contributed by atoms with Crippen molar-refractivity contribution in [1.82, 2.24) is 4.98 Å². The van der Waals surface area contributed by atoms with E-state index < -0.39 is 6.10 Å². The number of nitrogens with zero attached hydrogens (tertiary/aromatic N) is 1. The molecule has 0 fully saturated rings. The maximum atomic E-state index is 9.91. The second-order valence-corrected chi connectivity index (χ2v) is 3.49. The Balaban J connectivity index is 2.83. The van der Waals surface area contributed by atoms with E-state index in [0.29, 0.717) is 5.75 Å². The second-order valence-electron chi connectivity index (χ2n) is 3.49. The predicted octanol–water partition coefficient (Wildman–Crippen LogP) is 2.17. The Labute approximate surface area is 84.7 Å². The molecule has 1 heterocycles. The van der Waals surface area contributed by atoms with E-state index in [9.17, 15) is 5.11 Å². The Hall–Kier alpha value is -1.09. The Kier molecular flexibility index (Phi) is 3.89. The molecule has 78 valence electrons. The molecular formula is C11H17NO2. The highest BCUT2D eigenvalue weighted by molar-refractivity contribution is 5.25. The van der Waals surface area contributed by atoms with Gasteiger partial charge in [0.15, 0.2) is 0 Å². The van der Waals surface area contributed by atoms with Gasteiger partial charge in [0.05, 0.1) is 19.4 Å². The number of aliphatic hydroxyl groups excluding tert-OH is 1. The van der Waals surface area contributed by atoms with Crippen molar-refractivity contribution in [2.24, 2.45) is 5.92 Å². The van der Waals surface area contributed by atoms with Crippen molar-refractivity contribution >= 4 is 0 Å². The zero-order valence-electron chi connectivity index (χ0n) is 8.90. The Bertz CT molecular complexity index is 288. The van der Waals surface area contributed by atoms with Crippen molar-refractivity contribution in [1.29, 1.82) is 0 Å². The number of hydrogen-bond acceptors (Lipinski definition) is 3. The molecule has 0 spiro atoms. The SMILES string of the molecule is CCC(C)C(O)c1cncc(OC)c1. The molecule has 3 heteroatoms. The lowest BCUT2D eigenvalue weighted by Gasteiger charge is -2.17. The van der Waals surface area contributed by atoms with Gasteiger partial charge in [0.1, 0.15) is 5.75 Å². The van der Waals surface area contributed by atoms with Gasteiger partial charge in [0.2, 0.25) is 0 Å². The van der Waals surface area contributed by atoms with Crippen LogP contribution >= 0.6 is 0 Å². The molecule has 1 N–H and O–H groups in total. The van der Waals surface area contributed by atoms with Gasteiger partial charge in [-0.15, -0.1) is 0 Å². The summed E-state index contributed by atoms with van der Waals surface area (Å²) in [6, 6.07) is 1.82. The molecule has 0 aliphatic rings. The van der Waals surface area contributed by atoms with Gasteiger partial charge >= 0.3 is 0 Å². The summed E-state index contributed by atoms with van der Waals surface area (Å²) < 4.78 is 5.04. The monoisotopic (exact) mass is 195 g/mol. The molecule has 0 aliphatic carbocycles. The maximum Gasteiger partial charge on any atom is 0.137 e. The molecule has 0 radical (unpaired) electrons. The first-order valence-electron chi connectivity index (χ1n) is 4.86. The van der Waals surface area contributed by atoms with Gasteiger partial charge in [-0.1, -0.05) is 20.3 Å². The molecule has 3 nitrogen and oxygen atoms in total. The van der Waals surface area contributed by atoms with Gasteiger partial charge in [-0.25, -0.2) is 0 Å². The van der Waals surface area contributed by atoms with Crippen molar-refractivity contribution in [2.45, 2.75) is 26.4 Å². The molecule has 0 amide bonds. The predicted molar refractivity (Wildman–Crippen MR) is 55.2 cm³/mol. The average Bonchev–Trinajstić information content (AvgIpc) is 2.27. The molecule has 0 saturated heterocycles. The molecule has 2 atom stereocenters. The Morgan fingerprint density at radius 3 is 2.79 bits per heavy atom. The molecule has 0 bridgehead atoms. The van der Waals surface area contributed by atoms with Gasteiger partial charge < -0.3 is 9.84 Å². The van der Waals surface area contributed by atoms with Gasteiger partial charge in [-0.2, -0.15) is 0 Å². The summed E-state index contributed by atoms with van der Waals surface area (Å²) in [6.45, 7) is 4.08. The highest BCUT2D eigenvalue weighted by Crippen LogP contribution is 2.25. The van der Waals surface area contributed by atoms with E-state index in [2.05, 4.69) is 11.9 Å². The van der Waals surface area contributed by atoms with Crippen LogP contribution in [0.3, 0.4) is 0 Å². The van der Waals surface area contributed by atoms with Crippen LogP contribution in [-0.4, -0.2) is 17.2 Å². The quantitative estimate of drug-likeness (QED) is 0.800. The van der Waals surface area contributed by atoms with Crippen LogP contribution in [0.1, 0.15) is 31.9 Å². The van der Waals surface area contributed by atoms with E-state index in [-0.39, 0.29) is 5.92 Å². The van der Waals surface area contributed by atoms with Gasteiger partial charge in [-0.3, -0.25) is 4.98 Å². The van der Waals surface area contributed by atoms with Gasteiger partial charge in [0, 0.05) is 11.8 Å². The maximum absolute atomic E-state index is 9.91. The summed E-state index contributed by atoms with van der Waals surface area (Å²) in [4.78, 5) is 4.01. The van der Waals surface area contributed by atoms with Crippen LogP contribution in [0.5, 0.6) is 5.75 Å². The first kappa shape index (κ1) is 11.0. The lowest BCUT2D eigenvalue weighted by molar-refractivity contribution is 0.115. The third-order valence-corrected chi connectivity index (χ3v) is 2.49. The molecule has 0 aromatic carbocycles. The number of pyridine rings is 1. The van der Waals surface area contributed by atoms with Crippen molar-refractivity contribution in [3.63, 3.8) is 0 Å². The van der Waals surface area contributed by atoms with Gasteiger partial charge in [0.25, 0.3) is 0 Å². The molecular weight excluding hydrogens is 178 g/mol. The number of aliphatic hydroxyl groups is 1. The molecule has 0 saturated carbocycles. The van der Waals surface area contributed by atoms with Crippen LogP contribution in [0, 0.1) is 5.92 Å². The fourth-order valence-corrected chi connectivity index (χ4v) is 1.26. The van der Waals surface area contributed by atoms with Crippen LogP contribution in [0.4, 0.5) is 0 Å². The molecule has 0 aliphatic heterocycles. The number of methoxy groups -OCH3 is 1. The van der Waals surface area contributed by atoms with E-state index in [4.69, 9.17) is 4.74 Å². The summed E-state index contributed by atoms with van der Waals surface area (Å²) in [5.74, 6) is 0.925. The Morgan fingerprint density at radius 1 is 1.50 bits per heavy atom. The average molecular weight is 195 g/mol. The number of aromatic nitrogens is 1. The van der Waals surface area contributed by atoms with Crippen molar-refractivity contribution in [2.75, 3.05) is 7.11 Å². The minimum atomic E-state index is -0.456. The third kappa shape index (κ3) is 2.45. The molecule has 2 unspecified atom stereocenters. The first-order valence-corrected chi connectivity index (χ1v) is 4.86. The highest BCUT2D eigenvalue weighted by Gasteiger charge is 2.15. The van der Waals surface area contributed by atoms with E-state index in [1.165, 1.54) is 0 Å². The lowest BCUT2D eigenvalue weighted by Crippen LogP contribution is -2.08. The van der Waals surface area contributed by atoms with Crippen LogP contribution in [0.15, 0.2) is 18.5 Å². The zero-order chi connectivity index (χ0) is 10.6. The summed E-state index contributed by atoms with van der Waals surface area (Å²) in [5.41, 5.74) is 0.818. The van der Waals surface area contributed by atoms with E-state index in [1.54, 1.807) is 19.5 Å². The van der Waals surface area contributed by atoms with Crippen LogP contribution in [-0.2, 0) is 0 Å². The van der Waals surface area contributed by atoms with E-state index >= 15 is 0 Å². The fourth-order valence-electron chi connectivity index (χ4n) is 1.26. The minimum Gasteiger partial charge on any atom is -0.495 e. The molecule has 14 heavy (non-hydrogen) atoms. The van der Waals surface area contributed by atoms with E-state index in [0.717, 1.165) is 12.0 Å². The summed E-state index contributed by atoms with van der Waals surface area (Å²) in [5, 5.41) is 9.91. The zero-order valence-corrected chi connectivity index (χ0v) is 8.90. The largest absolute Gasteiger partial charge is 0.495 e. The topological polar surface area (TPSA) is 42.4 Å². The minimum absolute atomic E-state index is 0.240. The van der Waals surface area contributed by atoms with E-state index in [1.807, 2.05) is 13.0 Å². The van der Waals surface area contributed by atoms with Crippen molar-refractivity contribution in [3.05, 3.63) is 24.0 Å². The van der Waals surface area contributed by atoms with Gasteiger partial charge in [-0.05, 0) is 12.0 Å². The van der Waals surface area contributed by atoms with Crippen LogP contribution < -0.4 is 4.74 Å². The molecule has 1 aromatic heterocycles. The van der Waals surface area contributed by atoms with Crippen LogP contribution in [0.25, 0.3) is 0 Å². The van der Waals surface area contributed by atoms with Crippen molar-refractivity contribution < 1.29 is 9.84 Å². The number of ether oxygens (including phenoxy) is 1. The third-order valence-electron chi connectivity index (χ3n) is 2.49. The smallest absolute Gasteiger partial charge is 0.137 e. The standard InChI is InChI=1S/C11H17NO2/c1-4-8(2)11(13)9-5-10(14-3)7-12-6-9/h5-8,11,13H,4H2,1-3H3. The summed E-state index contributed by atoms with van der Waals surface area (Å²) >= 11 is 0. The summed E-state index contributed by atoms with van der Waals surface area (Å²) in [7, 11) is 1.59. The van der Waals surface area contributed by atoms with Crippen molar-refractivity contribution in [3.8, 4) is 5.75 Å². The number of rotatable bonds is 4. The number of hydrogen-bond donors (Lipinski definition) is 1. The normalized spacial score (nSPS) is 14.9. The highest BCUT2D eigenvalue weighted by atomic mass is 16.5. The molecule has 1 aromatic rings. The summed E-state index contributed by atoms with van der Waals surface area (Å²) in [6.07, 6.45) is 3.80. The molecule has 1 rings (SSSR count). The lowest BCUT2D eigenvalue weighted by atomic mass is 9.96.